The topological polar surface area (TPSA) is 59.0 Å². The first-order valence-electron chi connectivity index (χ1n) is 4.29. The number of ether oxygens (including phenoxy) is 1. The van der Waals surface area contributed by atoms with Crippen LogP contribution in [0.3, 0.4) is 0 Å². The highest BCUT2D eigenvalue weighted by Gasteiger charge is 2.37. The lowest BCUT2D eigenvalue weighted by atomic mass is 9.76. The van der Waals surface area contributed by atoms with Crippen LogP contribution in [0.2, 0.25) is 0 Å². The van der Waals surface area contributed by atoms with E-state index in [-0.39, 0.29) is 5.60 Å². The summed E-state index contributed by atoms with van der Waals surface area (Å²) in [5, 5.41) is 8.78. The number of hydrogen-bond donors (Lipinski definition) is 1. The zero-order valence-electron chi connectivity index (χ0n) is 7.76. The fourth-order valence-corrected chi connectivity index (χ4v) is 1.54. The van der Waals surface area contributed by atoms with Gasteiger partial charge in [0.05, 0.1) is 11.7 Å². The van der Waals surface area contributed by atoms with Crippen LogP contribution in [-0.4, -0.2) is 18.2 Å². The van der Waals surface area contributed by atoms with Crippen molar-refractivity contribution in [1.82, 2.24) is 0 Å². The van der Waals surface area contributed by atoms with E-state index in [2.05, 4.69) is 13.0 Å². The molecule has 0 atom stereocenters. The van der Waals surface area contributed by atoms with Crippen molar-refractivity contribution in [1.29, 1.82) is 5.26 Å². The summed E-state index contributed by atoms with van der Waals surface area (Å²) in [6, 6.07) is 2.16. The highest BCUT2D eigenvalue weighted by molar-refractivity contribution is 5.08. The Morgan fingerprint density at radius 3 is 2.17 bits per heavy atom. The van der Waals surface area contributed by atoms with Crippen LogP contribution >= 0.6 is 0 Å². The monoisotopic (exact) mass is 168 g/mol. The summed E-state index contributed by atoms with van der Waals surface area (Å²) in [6.07, 6.45) is 3.25. The molecule has 1 rings (SSSR count). The molecule has 1 aliphatic carbocycles. The van der Waals surface area contributed by atoms with Gasteiger partial charge in [-0.2, -0.15) is 5.26 Å². The van der Waals surface area contributed by atoms with E-state index in [1.807, 2.05) is 0 Å². The van der Waals surface area contributed by atoms with Crippen molar-refractivity contribution in [2.45, 2.75) is 43.7 Å². The first-order chi connectivity index (χ1) is 5.54. The van der Waals surface area contributed by atoms with E-state index < -0.39 is 5.54 Å². The van der Waals surface area contributed by atoms with E-state index >= 15 is 0 Å². The van der Waals surface area contributed by atoms with Crippen LogP contribution in [0.1, 0.15) is 32.6 Å². The van der Waals surface area contributed by atoms with Crippen molar-refractivity contribution in [3.63, 3.8) is 0 Å². The fourth-order valence-electron chi connectivity index (χ4n) is 1.54. The second kappa shape index (κ2) is 3.04. The zero-order valence-corrected chi connectivity index (χ0v) is 7.76. The molecule has 3 heteroatoms. The van der Waals surface area contributed by atoms with E-state index in [1.54, 1.807) is 7.11 Å². The van der Waals surface area contributed by atoms with E-state index in [9.17, 15) is 0 Å². The van der Waals surface area contributed by atoms with Crippen LogP contribution in [0, 0.1) is 11.3 Å². The summed E-state index contributed by atoms with van der Waals surface area (Å²) >= 11 is 0. The minimum Gasteiger partial charge on any atom is -0.379 e. The normalized spacial score (nSPS) is 42.2. The number of nitriles is 1. The molecule has 0 bridgehead atoms. The van der Waals surface area contributed by atoms with Gasteiger partial charge >= 0.3 is 0 Å². The van der Waals surface area contributed by atoms with Crippen molar-refractivity contribution in [2.24, 2.45) is 5.73 Å². The van der Waals surface area contributed by atoms with Crippen LogP contribution in [0.25, 0.3) is 0 Å². The first kappa shape index (κ1) is 9.50. The Morgan fingerprint density at radius 2 is 1.83 bits per heavy atom. The van der Waals surface area contributed by atoms with Gasteiger partial charge in [-0.1, -0.05) is 0 Å². The molecular weight excluding hydrogens is 152 g/mol. The summed E-state index contributed by atoms with van der Waals surface area (Å²) in [7, 11) is 1.72. The largest absolute Gasteiger partial charge is 0.379 e. The Labute approximate surface area is 73.5 Å². The maximum atomic E-state index is 8.78. The molecule has 0 aromatic carbocycles. The highest BCUT2D eigenvalue weighted by Crippen LogP contribution is 2.34. The molecule has 0 amide bonds. The summed E-state index contributed by atoms with van der Waals surface area (Å²) in [5.41, 5.74) is 5.16. The lowest BCUT2D eigenvalue weighted by molar-refractivity contribution is -0.0323. The molecule has 0 aromatic heterocycles. The predicted molar refractivity (Wildman–Crippen MR) is 46.4 cm³/mol. The molecule has 1 aliphatic rings. The predicted octanol–water partition coefficient (Wildman–Crippen LogP) is 1.19. The first-order valence-corrected chi connectivity index (χ1v) is 4.29. The van der Waals surface area contributed by atoms with E-state index in [0.29, 0.717) is 0 Å². The van der Waals surface area contributed by atoms with Crippen molar-refractivity contribution in [3.05, 3.63) is 0 Å². The van der Waals surface area contributed by atoms with Gasteiger partial charge in [0.15, 0.2) is 0 Å². The van der Waals surface area contributed by atoms with E-state index in [0.717, 1.165) is 25.7 Å². The zero-order chi connectivity index (χ0) is 9.24. The smallest absolute Gasteiger partial charge is 0.104 e. The van der Waals surface area contributed by atoms with Crippen molar-refractivity contribution >= 4 is 0 Å². The van der Waals surface area contributed by atoms with Crippen molar-refractivity contribution in [3.8, 4) is 6.07 Å². The van der Waals surface area contributed by atoms with Crippen LogP contribution in [0.5, 0.6) is 0 Å². The van der Waals surface area contributed by atoms with Gasteiger partial charge in [0.1, 0.15) is 5.54 Å². The molecule has 3 nitrogen and oxygen atoms in total. The number of nitrogens with two attached hydrogens (primary N) is 1. The Balaban J connectivity index is 2.56. The van der Waals surface area contributed by atoms with Crippen LogP contribution < -0.4 is 5.73 Å². The average Bonchev–Trinajstić information content (AvgIpc) is 2.11. The van der Waals surface area contributed by atoms with Gasteiger partial charge in [-0.05, 0) is 32.6 Å². The Bertz CT molecular complexity index is 199. The quantitative estimate of drug-likeness (QED) is 0.639. The molecule has 0 radical (unpaired) electrons. The third kappa shape index (κ3) is 1.77. The van der Waals surface area contributed by atoms with Crippen molar-refractivity contribution in [2.75, 3.05) is 7.11 Å². The molecule has 0 unspecified atom stereocenters. The minimum atomic E-state index is -0.599. The molecule has 0 aromatic rings. The lowest BCUT2D eigenvalue weighted by Crippen LogP contribution is -2.47. The number of rotatable bonds is 1. The van der Waals surface area contributed by atoms with Gasteiger partial charge in [0.25, 0.3) is 0 Å². The Hall–Kier alpha value is -0.590. The highest BCUT2D eigenvalue weighted by atomic mass is 16.5. The standard InChI is InChI=1S/C9H16N2O/c1-8(12-2)3-5-9(11,7-10)6-4-8/h3-6,11H2,1-2H3. The molecule has 1 fully saturated rings. The number of nitrogens with zero attached hydrogens (tertiary/aromatic N) is 1. The molecular formula is C9H16N2O. The maximum Gasteiger partial charge on any atom is 0.104 e. The fraction of sp³-hybridized carbons (Fsp3) is 0.889. The average molecular weight is 168 g/mol. The van der Waals surface area contributed by atoms with Gasteiger partial charge in [-0.3, -0.25) is 0 Å². The minimum absolute atomic E-state index is 0.0558. The maximum absolute atomic E-state index is 8.78. The van der Waals surface area contributed by atoms with Gasteiger partial charge in [-0.15, -0.1) is 0 Å². The van der Waals surface area contributed by atoms with Gasteiger partial charge in [0, 0.05) is 7.11 Å². The second-order valence-electron chi connectivity index (χ2n) is 3.92. The summed E-state index contributed by atoms with van der Waals surface area (Å²) in [6.45, 7) is 2.07. The van der Waals surface area contributed by atoms with Gasteiger partial charge < -0.3 is 10.5 Å². The summed E-state index contributed by atoms with van der Waals surface area (Å²) in [5.74, 6) is 0. The van der Waals surface area contributed by atoms with Crippen LogP contribution in [0.4, 0.5) is 0 Å². The molecule has 12 heavy (non-hydrogen) atoms. The van der Waals surface area contributed by atoms with Gasteiger partial charge in [0.2, 0.25) is 0 Å². The SMILES string of the molecule is COC1(C)CCC(N)(C#N)CC1. The number of methoxy groups -OCH3 is 1. The van der Waals surface area contributed by atoms with E-state index in [4.69, 9.17) is 15.7 Å². The second-order valence-corrected chi connectivity index (χ2v) is 3.92. The molecule has 0 heterocycles. The van der Waals surface area contributed by atoms with Crippen LogP contribution in [0.15, 0.2) is 0 Å². The molecule has 0 spiro atoms. The molecule has 2 N–H and O–H groups in total. The molecule has 1 saturated carbocycles. The van der Waals surface area contributed by atoms with Crippen LogP contribution in [-0.2, 0) is 4.74 Å². The summed E-state index contributed by atoms with van der Waals surface area (Å²) < 4.78 is 5.35. The summed E-state index contributed by atoms with van der Waals surface area (Å²) in [4.78, 5) is 0. The Kier molecular flexibility index (Phi) is 2.41. The van der Waals surface area contributed by atoms with E-state index in [1.165, 1.54) is 0 Å². The Morgan fingerprint density at radius 1 is 1.33 bits per heavy atom. The van der Waals surface area contributed by atoms with Gasteiger partial charge in [-0.25, -0.2) is 0 Å². The van der Waals surface area contributed by atoms with Crippen molar-refractivity contribution < 1.29 is 4.74 Å². The molecule has 0 saturated heterocycles. The molecule has 0 aliphatic heterocycles. The number of hydrogen-bond acceptors (Lipinski definition) is 3. The lowest BCUT2D eigenvalue weighted by Gasteiger charge is -2.38. The molecule has 68 valence electrons. The third-order valence-corrected chi connectivity index (χ3v) is 2.92. The third-order valence-electron chi connectivity index (χ3n) is 2.92.